The van der Waals surface area contributed by atoms with Crippen molar-refractivity contribution < 1.29 is 18.7 Å². The van der Waals surface area contributed by atoms with Gasteiger partial charge in [-0.2, -0.15) is 0 Å². The van der Waals surface area contributed by atoms with Crippen LogP contribution >= 0.6 is 0 Å². The van der Waals surface area contributed by atoms with Crippen LogP contribution in [-0.2, 0) is 11.2 Å². The average Bonchev–Trinajstić information content (AvgIpc) is 3.10. The quantitative estimate of drug-likeness (QED) is 0.373. The van der Waals surface area contributed by atoms with Gasteiger partial charge < -0.3 is 9.15 Å². The summed E-state index contributed by atoms with van der Waals surface area (Å²) in [4.78, 5) is 23.2. The van der Waals surface area contributed by atoms with Crippen molar-refractivity contribution in [1.29, 1.82) is 0 Å². The minimum atomic E-state index is -0.340. The molecular formula is C21H18O4. The summed E-state index contributed by atoms with van der Waals surface area (Å²) in [6.45, 7) is 1.49. The second kappa shape index (κ2) is 7.62. The molecule has 0 spiro atoms. The summed E-state index contributed by atoms with van der Waals surface area (Å²) in [7, 11) is 0. The Kier molecular flexibility index (Phi) is 5.09. The Hall–Kier alpha value is -3.14. The fourth-order valence-corrected chi connectivity index (χ4v) is 2.44. The number of ketones is 1. The first kappa shape index (κ1) is 16.7. The molecular weight excluding hydrogens is 316 g/mol. The molecule has 0 aliphatic carbocycles. The first-order valence-electron chi connectivity index (χ1n) is 8.07. The van der Waals surface area contributed by atoms with Crippen LogP contribution in [0, 0.1) is 0 Å². The summed E-state index contributed by atoms with van der Waals surface area (Å²) in [5, 5.41) is 0. The number of esters is 1. The molecule has 4 nitrogen and oxygen atoms in total. The van der Waals surface area contributed by atoms with E-state index in [1.165, 1.54) is 6.92 Å². The molecule has 0 N–H and O–H groups in total. The molecule has 0 fully saturated rings. The van der Waals surface area contributed by atoms with Gasteiger partial charge in [-0.3, -0.25) is 9.59 Å². The number of ether oxygens (including phenoxy) is 1. The normalized spacial score (nSPS) is 10.4. The van der Waals surface area contributed by atoms with Gasteiger partial charge in [-0.25, -0.2) is 0 Å². The molecule has 1 aromatic heterocycles. The zero-order valence-corrected chi connectivity index (χ0v) is 13.9. The van der Waals surface area contributed by atoms with Crippen LogP contribution in [0.2, 0.25) is 0 Å². The van der Waals surface area contributed by atoms with Crippen LogP contribution in [0.15, 0.2) is 71.1 Å². The van der Waals surface area contributed by atoms with Crippen molar-refractivity contribution in [3.8, 4) is 17.1 Å². The van der Waals surface area contributed by atoms with Crippen LogP contribution in [0.3, 0.4) is 0 Å². The largest absolute Gasteiger partial charge is 0.461 e. The number of benzene rings is 2. The highest BCUT2D eigenvalue weighted by Crippen LogP contribution is 2.22. The van der Waals surface area contributed by atoms with Crippen LogP contribution in [0.25, 0.3) is 11.3 Å². The molecule has 0 amide bonds. The van der Waals surface area contributed by atoms with Crippen molar-refractivity contribution in [1.82, 2.24) is 0 Å². The number of furan rings is 1. The monoisotopic (exact) mass is 334 g/mol. The lowest BCUT2D eigenvalue weighted by atomic mass is 10.1. The van der Waals surface area contributed by atoms with Crippen molar-refractivity contribution in [2.75, 3.05) is 0 Å². The molecule has 0 saturated heterocycles. The summed E-state index contributed by atoms with van der Waals surface area (Å²) in [6.07, 6.45) is 0.688. The number of carbonyl (C=O) groups excluding carboxylic acids is 2. The molecule has 0 bridgehead atoms. The number of rotatable bonds is 6. The first-order chi connectivity index (χ1) is 12.1. The van der Waals surface area contributed by atoms with Gasteiger partial charge in [0.15, 0.2) is 5.78 Å². The summed E-state index contributed by atoms with van der Waals surface area (Å²) < 4.78 is 11.0. The van der Waals surface area contributed by atoms with E-state index in [1.807, 2.05) is 42.5 Å². The topological polar surface area (TPSA) is 56.5 Å². The average molecular weight is 334 g/mol. The highest BCUT2D eigenvalue weighted by molar-refractivity contribution is 5.94. The molecule has 0 unspecified atom stereocenters. The Labute approximate surface area is 146 Å². The molecule has 3 rings (SSSR count). The van der Waals surface area contributed by atoms with Gasteiger partial charge in [0.1, 0.15) is 17.3 Å². The fraction of sp³-hybridized carbons (Fsp3) is 0.143. The second-order valence-corrected chi connectivity index (χ2v) is 5.69. The van der Waals surface area contributed by atoms with Gasteiger partial charge in [-0.15, -0.1) is 0 Å². The van der Waals surface area contributed by atoms with Crippen molar-refractivity contribution in [3.63, 3.8) is 0 Å². The smallest absolute Gasteiger partial charge is 0.311 e. The van der Waals surface area contributed by atoms with Crippen LogP contribution < -0.4 is 4.74 Å². The Bertz CT molecular complexity index is 860. The van der Waals surface area contributed by atoms with Gasteiger partial charge in [0.05, 0.1) is 6.42 Å². The molecule has 126 valence electrons. The third kappa shape index (κ3) is 4.44. The first-order valence-corrected chi connectivity index (χ1v) is 8.07. The lowest BCUT2D eigenvalue weighted by molar-refractivity contribution is -0.134. The Morgan fingerprint density at radius 2 is 1.64 bits per heavy atom. The lowest BCUT2D eigenvalue weighted by Gasteiger charge is -2.04. The van der Waals surface area contributed by atoms with Gasteiger partial charge in [0.2, 0.25) is 0 Å². The predicted octanol–water partition coefficient (Wildman–Crippen LogP) is 4.69. The molecule has 25 heavy (non-hydrogen) atoms. The molecule has 2 aromatic carbocycles. The van der Waals surface area contributed by atoms with Crippen LogP contribution in [0.1, 0.15) is 29.5 Å². The van der Waals surface area contributed by atoms with Crippen LogP contribution in [0.4, 0.5) is 0 Å². The van der Waals surface area contributed by atoms with Crippen molar-refractivity contribution in [3.05, 3.63) is 78.1 Å². The zero-order valence-electron chi connectivity index (χ0n) is 13.9. The third-order valence-electron chi connectivity index (χ3n) is 3.79. The molecule has 3 aromatic rings. The fourth-order valence-electron chi connectivity index (χ4n) is 2.44. The van der Waals surface area contributed by atoms with E-state index in [-0.39, 0.29) is 18.2 Å². The number of Topliss-reactive ketones (excluding diaryl/α,β-unsaturated/α-hetero) is 1. The highest BCUT2D eigenvalue weighted by Gasteiger charge is 2.09. The second-order valence-electron chi connectivity index (χ2n) is 5.69. The predicted molar refractivity (Wildman–Crippen MR) is 94.5 cm³/mol. The molecule has 0 aliphatic rings. The van der Waals surface area contributed by atoms with Gasteiger partial charge in [0, 0.05) is 17.5 Å². The van der Waals surface area contributed by atoms with Crippen molar-refractivity contribution >= 4 is 11.8 Å². The number of carbonyl (C=O) groups is 2. The molecule has 0 radical (unpaired) electrons. The summed E-state index contributed by atoms with van der Waals surface area (Å²) in [6, 6.07) is 20.1. The van der Waals surface area contributed by atoms with Gasteiger partial charge in [-0.1, -0.05) is 30.3 Å². The van der Waals surface area contributed by atoms with Crippen molar-refractivity contribution in [2.45, 2.75) is 19.8 Å². The van der Waals surface area contributed by atoms with E-state index in [1.54, 1.807) is 24.3 Å². The maximum absolute atomic E-state index is 12.0. The van der Waals surface area contributed by atoms with Gasteiger partial charge in [0.25, 0.3) is 0 Å². The Morgan fingerprint density at radius 3 is 2.32 bits per heavy atom. The third-order valence-corrected chi connectivity index (χ3v) is 3.79. The molecule has 1 heterocycles. The SMILES string of the molecule is CC(=O)c1ccc(OC(=O)CCc2ccc(-c3ccccc3)o2)cc1. The van der Waals surface area contributed by atoms with Crippen LogP contribution in [-0.4, -0.2) is 11.8 Å². The van der Waals surface area contributed by atoms with E-state index in [0.717, 1.165) is 17.1 Å². The van der Waals surface area contributed by atoms with E-state index >= 15 is 0 Å². The molecule has 0 atom stereocenters. The molecule has 4 heteroatoms. The van der Waals surface area contributed by atoms with E-state index in [2.05, 4.69) is 0 Å². The van der Waals surface area contributed by atoms with E-state index in [0.29, 0.717) is 17.7 Å². The minimum Gasteiger partial charge on any atom is -0.461 e. The highest BCUT2D eigenvalue weighted by atomic mass is 16.5. The van der Waals surface area contributed by atoms with Gasteiger partial charge >= 0.3 is 5.97 Å². The van der Waals surface area contributed by atoms with E-state index in [4.69, 9.17) is 9.15 Å². The Balaban J connectivity index is 1.54. The number of hydrogen-bond donors (Lipinski definition) is 0. The lowest BCUT2D eigenvalue weighted by Crippen LogP contribution is -2.09. The molecule has 0 aliphatic heterocycles. The Morgan fingerprint density at radius 1 is 0.920 bits per heavy atom. The summed E-state index contributed by atoms with van der Waals surface area (Å²) in [5.41, 5.74) is 1.59. The minimum absolute atomic E-state index is 0.0232. The number of hydrogen-bond acceptors (Lipinski definition) is 4. The summed E-state index contributed by atoms with van der Waals surface area (Å²) in [5.74, 6) is 1.59. The maximum Gasteiger partial charge on any atom is 0.311 e. The maximum atomic E-state index is 12.0. The number of aryl methyl sites for hydroxylation is 1. The zero-order chi connectivity index (χ0) is 17.6. The summed E-state index contributed by atoms with van der Waals surface area (Å²) >= 11 is 0. The van der Waals surface area contributed by atoms with Gasteiger partial charge in [-0.05, 0) is 43.3 Å². The van der Waals surface area contributed by atoms with Crippen LogP contribution in [0.5, 0.6) is 5.75 Å². The molecule has 0 saturated carbocycles. The standard InChI is InChI=1S/C21H18O4/c1-15(22)16-7-9-19(10-8-16)25-21(23)14-12-18-11-13-20(24-18)17-5-3-2-4-6-17/h2-11,13H,12,14H2,1H3. The van der Waals surface area contributed by atoms with E-state index < -0.39 is 0 Å². The van der Waals surface area contributed by atoms with E-state index in [9.17, 15) is 9.59 Å². The van der Waals surface area contributed by atoms with Crippen molar-refractivity contribution in [2.24, 2.45) is 0 Å².